The van der Waals surface area contributed by atoms with Gasteiger partial charge in [-0.15, -0.1) is 0 Å². The summed E-state index contributed by atoms with van der Waals surface area (Å²) in [7, 11) is 0. The van der Waals surface area contributed by atoms with Crippen LogP contribution in [0.1, 0.15) is 63.7 Å². The summed E-state index contributed by atoms with van der Waals surface area (Å²) < 4.78 is 10.4. The highest BCUT2D eigenvalue weighted by Crippen LogP contribution is 2.38. The molecular weight excluding hydrogens is 438 g/mol. The van der Waals surface area contributed by atoms with Crippen molar-refractivity contribution < 1.29 is 4.74 Å². The third-order valence-corrected chi connectivity index (χ3v) is 7.51. The third kappa shape index (κ3) is 4.49. The standard InChI is InChI=1S/C27H39N7O/c1-17(2)31-8-10-32(11-9-31)20(6)22-15-23-25(14-19(22)5)35-13-12-33-16-24(29-26(23)33)27-28-21(7)30-34(27)18(3)4/h14-18,20H,8-13H2,1-7H3/t20-/m0/s1. The van der Waals surface area contributed by atoms with Gasteiger partial charge >= 0.3 is 0 Å². The first-order chi connectivity index (χ1) is 16.7. The van der Waals surface area contributed by atoms with Crippen LogP contribution in [0.2, 0.25) is 0 Å². The second-order valence-electron chi connectivity index (χ2n) is 10.6. The van der Waals surface area contributed by atoms with Crippen LogP contribution >= 0.6 is 0 Å². The zero-order valence-electron chi connectivity index (χ0n) is 22.2. The molecule has 35 heavy (non-hydrogen) atoms. The van der Waals surface area contributed by atoms with E-state index in [1.54, 1.807) is 0 Å². The summed E-state index contributed by atoms with van der Waals surface area (Å²) in [6.07, 6.45) is 2.10. The molecule has 8 nitrogen and oxygen atoms in total. The highest BCUT2D eigenvalue weighted by Gasteiger charge is 2.27. The Balaban J connectivity index is 1.51. The molecule has 0 N–H and O–H groups in total. The van der Waals surface area contributed by atoms with E-state index in [1.807, 2.05) is 11.6 Å². The van der Waals surface area contributed by atoms with E-state index in [-0.39, 0.29) is 6.04 Å². The Morgan fingerprint density at radius 1 is 0.829 bits per heavy atom. The second-order valence-corrected chi connectivity index (χ2v) is 10.6. The Labute approximate surface area is 208 Å². The molecule has 1 saturated heterocycles. The maximum absolute atomic E-state index is 6.19. The van der Waals surface area contributed by atoms with Crippen molar-refractivity contribution in [2.75, 3.05) is 32.8 Å². The van der Waals surface area contributed by atoms with Crippen molar-refractivity contribution in [3.05, 3.63) is 35.3 Å². The summed E-state index contributed by atoms with van der Waals surface area (Å²) >= 11 is 0. The van der Waals surface area contributed by atoms with E-state index in [4.69, 9.17) is 14.7 Å². The normalized spacial score (nSPS) is 17.9. The van der Waals surface area contributed by atoms with E-state index < -0.39 is 0 Å². The van der Waals surface area contributed by atoms with Crippen LogP contribution in [0.15, 0.2) is 18.3 Å². The fourth-order valence-corrected chi connectivity index (χ4v) is 5.41. The number of fused-ring (bicyclic) bond motifs is 3. The number of nitrogens with zero attached hydrogens (tertiary/aromatic N) is 7. The maximum Gasteiger partial charge on any atom is 0.178 e. The van der Waals surface area contributed by atoms with Crippen molar-refractivity contribution in [2.24, 2.45) is 0 Å². The van der Waals surface area contributed by atoms with Gasteiger partial charge in [-0.25, -0.2) is 14.6 Å². The van der Waals surface area contributed by atoms with Crippen molar-refractivity contribution in [1.29, 1.82) is 0 Å². The highest BCUT2D eigenvalue weighted by atomic mass is 16.5. The number of benzene rings is 1. The molecule has 1 atom stereocenters. The largest absolute Gasteiger partial charge is 0.491 e. The summed E-state index contributed by atoms with van der Waals surface area (Å²) in [4.78, 5) is 15.0. The number of piperazine rings is 1. The van der Waals surface area contributed by atoms with Crippen LogP contribution in [-0.2, 0) is 6.54 Å². The predicted molar refractivity (Wildman–Crippen MR) is 139 cm³/mol. The van der Waals surface area contributed by atoms with Gasteiger partial charge in [0.2, 0.25) is 0 Å². The first-order valence-electron chi connectivity index (χ1n) is 13.0. The number of ether oxygens (including phenoxy) is 1. The van der Waals surface area contributed by atoms with E-state index in [2.05, 4.69) is 79.3 Å². The van der Waals surface area contributed by atoms with Crippen molar-refractivity contribution in [1.82, 2.24) is 34.1 Å². The van der Waals surface area contributed by atoms with Crippen LogP contribution in [0, 0.1) is 13.8 Å². The molecule has 0 radical (unpaired) electrons. The van der Waals surface area contributed by atoms with Gasteiger partial charge < -0.3 is 9.30 Å². The van der Waals surface area contributed by atoms with Crippen molar-refractivity contribution in [2.45, 2.75) is 73.1 Å². The smallest absolute Gasteiger partial charge is 0.178 e. The van der Waals surface area contributed by atoms with Gasteiger partial charge in [0, 0.05) is 50.5 Å². The molecule has 8 heteroatoms. The number of hydrogen-bond donors (Lipinski definition) is 0. The summed E-state index contributed by atoms with van der Waals surface area (Å²) in [5.41, 5.74) is 4.55. The Hall–Kier alpha value is -2.71. The number of hydrogen-bond acceptors (Lipinski definition) is 6. The zero-order chi connectivity index (χ0) is 24.9. The topological polar surface area (TPSA) is 64.2 Å². The minimum absolute atomic E-state index is 0.217. The van der Waals surface area contributed by atoms with Gasteiger partial charge in [0.15, 0.2) is 5.82 Å². The van der Waals surface area contributed by atoms with Crippen LogP contribution in [0.5, 0.6) is 5.75 Å². The minimum atomic E-state index is 0.217. The molecule has 0 aliphatic carbocycles. The first kappa shape index (κ1) is 24.0. The molecule has 0 saturated carbocycles. The van der Waals surface area contributed by atoms with Crippen molar-refractivity contribution in [3.8, 4) is 28.7 Å². The molecule has 2 aliphatic rings. The quantitative estimate of drug-likeness (QED) is 0.540. The average molecular weight is 478 g/mol. The fourth-order valence-electron chi connectivity index (χ4n) is 5.41. The molecule has 2 aromatic heterocycles. The molecular formula is C27H39N7O. The molecule has 0 amide bonds. The summed E-state index contributed by atoms with van der Waals surface area (Å²) in [6, 6.07) is 5.69. The van der Waals surface area contributed by atoms with Gasteiger partial charge in [-0.1, -0.05) is 0 Å². The average Bonchev–Trinajstić information content (AvgIpc) is 3.38. The van der Waals surface area contributed by atoms with Crippen LogP contribution in [0.4, 0.5) is 0 Å². The van der Waals surface area contributed by atoms with Crippen molar-refractivity contribution >= 4 is 0 Å². The van der Waals surface area contributed by atoms with Crippen LogP contribution < -0.4 is 4.74 Å². The first-order valence-corrected chi connectivity index (χ1v) is 13.0. The van der Waals surface area contributed by atoms with Gasteiger partial charge in [-0.2, -0.15) is 5.10 Å². The monoisotopic (exact) mass is 477 g/mol. The minimum Gasteiger partial charge on any atom is -0.491 e. The maximum atomic E-state index is 6.19. The van der Waals surface area contributed by atoms with Crippen LogP contribution in [0.25, 0.3) is 22.9 Å². The Morgan fingerprint density at radius 3 is 2.23 bits per heavy atom. The lowest BCUT2D eigenvalue weighted by molar-refractivity contribution is 0.0832. The predicted octanol–water partition coefficient (Wildman–Crippen LogP) is 4.49. The number of rotatable bonds is 5. The summed E-state index contributed by atoms with van der Waals surface area (Å²) in [5, 5.41) is 4.59. The molecule has 3 aromatic rings. The van der Waals surface area contributed by atoms with Crippen molar-refractivity contribution in [3.63, 3.8) is 0 Å². The second kappa shape index (κ2) is 9.39. The molecule has 1 aromatic carbocycles. The van der Waals surface area contributed by atoms with Gasteiger partial charge in [0.1, 0.15) is 29.7 Å². The molecule has 0 bridgehead atoms. The molecule has 1 fully saturated rings. The number of aryl methyl sites for hydroxylation is 2. The molecule has 5 rings (SSSR count). The summed E-state index contributed by atoms with van der Waals surface area (Å²) in [6.45, 7) is 21.1. The lowest BCUT2D eigenvalue weighted by Gasteiger charge is -2.40. The molecule has 2 aliphatic heterocycles. The summed E-state index contributed by atoms with van der Waals surface area (Å²) in [5.74, 6) is 3.45. The van der Waals surface area contributed by atoms with E-state index in [0.29, 0.717) is 18.7 Å². The Bertz CT molecular complexity index is 1200. The van der Waals surface area contributed by atoms with Gasteiger partial charge in [0.05, 0.1) is 12.1 Å². The SMILES string of the molecule is Cc1nc(-c2cn3c(n2)-c2cc([C@H](C)N4CCN(C(C)C)CC4)c(C)cc2OCC3)n(C(C)C)n1. The Kier molecular flexibility index (Phi) is 6.44. The van der Waals surface area contributed by atoms with E-state index in [0.717, 1.165) is 67.2 Å². The molecule has 0 unspecified atom stereocenters. The third-order valence-electron chi connectivity index (χ3n) is 7.51. The molecule has 188 valence electrons. The Morgan fingerprint density at radius 2 is 1.54 bits per heavy atom. The zero-order valence-corrected chi connectivity index (χ0v) is 22.2. The van der Waals surface area contributed by atoms with Crippen LogP contribution in [0.3, 0.4) is 0 Å². The lowest BCUT2D eigenvalue weighted by Crippen LogP contribution is -2.49. The molecule has 4 heterocycles. The van der Waals surface area contributed by atoms with Gasteiger partial charge in [-0.3, -0.25) is 9.80 Å². The van der Waals surface area contributed by atoms with E-state index in [1.165, 1.54) is 11.1 Å². The van der Waals surface area contributed by atoms with Gasteiger partial charge in [0.25, 0.3) is 0 Å². The van der Waals surface area contributed by atoms with E-state index in [9.17, 15) is 0 Å². The highest BCUT2D eigenvalue weighted by molar-refractivity contribution is 5.70. The van der Waals surface area contributed by atoms with E-state index >= 15 is 0 Å². The number of imidazole rings is 1. The molecule has 0 spiro atoms. The van der Waals surface area contributed by atoms with Gasteiger partial charge in [-0.05, 0) is 71.7 Å². The fraction of sp³-hybridized carbons (Fsp3) is 0.593. The van der Waals surface area contributed by atoms with Crippen LogP contribution in [-0.4, -0.2) is 72.9 Å². The number of aromatic nitrogens is 5. The lowest BCUT2D eigenvalue weighted by atomic mass is 9.96.